The minimum Gasteiger partial charge on any atom is -0.215 e. The lowest BCUT2D eigenvalue weighted by Crippen LogP contribution is -2.39. The number of hydrogen-bond donors (Lipinski definition) is 1. The molecule has 0 aromatic heterocycles. The van der Waals surface area contributed by atoms with Crippen molar-refractivity contribution in [3.8, 4) is 0 Å². The highest BCUT2D eigenvalue weighted by Crippen LogP contribution is 2.13. The van der Waals surface area contributed by atoms with Gasteiger partial charge in [0.1, 0.15) is 0 Å². The second-order valence-corrected chi connectivity index (χ2v) is 7.80. The maximum absolute atomic E-state index is 11.7. The van der Waals surface area contributed by atoms with Crippen molar-refractivity contribution >= 4 is 10.0 Å². The van der Waals surface area contributed by atoms with Crippen LogP contribution in [0.3, 0.4) is 0 Å². The molecule has 0 atom stereocenters. The Bertz CT molecular complexity index is 265. The SMILES string of the molecule is CCCCCCCCNS(=O)(=O)C(C)(C)C. The topological polar surface area (TPSA) is 46.2 Å². The molecule has 16 heavy (non-hydrogen) atoms. The summed E-state index contributed by atoms with van der Waals surface area (Å²) in [5.41, 5.74) is 0. The zero-order valence-corrected chi connectivity index (χ0v) is 12.0. The Kier molecular flexibility index (Phi) is 7.24. The van der Waals surface area contributed by atoms with Gasteiger partial charge in [0.15, 0.2) is 0 Å². The van der Waals surface area contributed by atoms with Crippen LogP contribution in [-0.4, -0.2) is 19.7 Å². The molecule has 0 radical (unpaired) electrons. The highest BCUT2D eigenvalue weighted by atomic mass is 32.2. The molecule has 0 spiro atoms. The molecule has 0 rings (SSSR count). The molecule has 0 heterocycles. The van der Waals surface area contributed by atoms with Crippen LogP contribution in [0.4, 0.5) is 0 Å². The second kappa shape index (κ2) is 7.28. The van der Waals surface area contributed by atoms with E-state index < -0.39 is 14.8 Å². The average Bonchev–Trinajstić information content (AvgIpc) is 2.14. The zero-order chi connectivity index (χ0) is 12.7. The first-order valence-electron chi connectivity index (χ1n) is 6.30. The fourth-order valence-electron chi connectivity index (χ4n) is 1.33. The van der Waals surface area contributed by atoms with E-state index in [2.05, 4.69) is 11.6 Å². The molecule has 4 heteroatoms. The molecule has 0 aliphatic heterocycles. The van der Waals surface area contributed by atoms with Crippen LogP contribution >= 0.6 is 0 Å². The third kappa shape index (κ3) is 6.48. The molecule has 0 bridgehead atoms. The Morgan fingerprint density at radius 2 is 1.44 bits per heavy atom. The molecule has 0 amide bonds. The largest absolute Gasteiger partial charge is 0.216 e. The summed E-state index contributed by atoms with van der Waals surface area (Å²) in [6, 6.07) is 0. The minimum atomic E-state index is -3.15. The van der Waals surface area contributed by atoms with E-state index >= 15 is 0 Å². The fourth-order valence-corrected chi connectivity index (χ4v) is 2.17. The summed E-state index contributed by atoms with van der Waals surface area (Å²) in [4.78, 5) is 0. The molecule has 0 saturated carbocycles. The van der Waals surface area contributed by atoms with Crippen molar-refractivity contribution in [1.29, 1.82) is 0 Å². The molecule has 98 valence electrons. The Labute approximate surface area is 101 Å². The summed E-state index contributed by atoms with van der Waals surface area (Å²) < 4.78 is 25.3. The van der Waals surface area contributed by atoms with Crippen molar-refractivity contribution in [3.05, 3.63) is 0 Å². The van der Waals surface area contributed by atoms with Crippen LogP contribution < -0.4 is 4.72 Å². The molecule has 0 aliphatic rings. The number of hydrogen-bond acceptors (Lipinski definition) is 2. The van der Waals surface area contributed by atoms with E-state index in [1.807, 2.05) is 0 Å². The highest BCUT2D eigenvalue weighted by molar-refractivity contribution is 7.90. The standard InChI is InChI=1S/C12H27NO2S/c1-5-6-7-8-9-10-11-13-16(14,15)12(2,3)4/h13H,5-11H2,1-4H3. The second-order valence-electron chi connectivity index (χ2n) is 5.28. The first kappa shape index (κ1) is 15.9. The Morgan fingerprint density at radius 1 is 0.938 bits per heavy atom. The van der Waals surface area contributed by atoms with Crippen LogP contribution in [0.2, 0.25) is 0 Å². The van der Waals surface area contributed by atoms with Gasteiger partial charge in [-0.15, -0.1) is 0 Å². The molecule has 0 saturated heterocycles. The van der Waals surface area contributed by atoms with Crippen molar-refractivity contribution in [2.24, 2.45) is 0 Å². The number of nitrogens with one attached hydrogen (secondary N) is 1. The van der Waals surface area contributed by atoms with E-state index in [-0.39, 0.29) is 0 Å². The molecule has 1 N–H and O–H groups in total. The van der Waals surface area contributed by atoms with Crippen LogP contribution in [0, 0.1) is 0 Å². The molecule has 0 unspecified atom stereocenters. The van der Waals surface area contributed by atoms with Gasteiger partial charge in [0.25, 0.3) is 0 Å². The lowest BCUT2D eigenvalue weighted by Gasteiger charge is -2.19. The van der Waals surface area contributed by atoms with Crippen LogP contribution in [0.1, 0.15) is 66.2 Å². The molecule has 0 fully saturated rings. The van der Waals surface area contributed by atoms with Gasteiger partial charge in [-0.25, -0.2) is 13.1 Å². The van der Waals surface area contributed by atoms with Crippen molar-refractivity contribution in [2.45, 2.75) is 71.0 Å². The van der Waals surface area contributed by atoms with Crippen LogP contribution in [0.25, 0.3) is 0 Å². The normalized spacial score (nSPS) is 13.0. The van der Waals surface area contributed by atoms with Gasteiger partial charge in [-0.2, -0.15) is 0 Å². The maximum Gasteiger partial charge on any atom is 0.216 e. The van der Waals surface area contributed by atoms with Crippen molar-refractivity contribution in [1.82, 2.24) is 4.72 Å². The summed E-state index contributed by atoms with van der Waals surface area (Å²) >= 11 is 0. The Morgan fingerprint density at radius 3 is 1.94 bits per heavy atom. The van der Waals surface area contributed by atoms with E-state index in [4.69, 9.17) is 0 Å². The zero-order valence-electron chi connectivity index (χ0n) is 11.2. The van der Waals surface area contributed by atoms with Gasteiger partial charge in [-0.05, 0) is 27.2 Å². The van der Waals surface area contributed by atoms with Crippen LogP contribution in [0.15, 0.2) is 0 Å². The minimum absolute atomic E-state index is 0.575. The maximum atomic E-state index is 11.7. The van der Waals surface area contributed by atoms with Gasteiger partial charge < -0.3 is 0 Å². The van der Waals surface area contributed by atoms with E-state index in [9.17, 15) is 8.42 Å². The van der Waals surface area contributed by atoms with E-state index in [1.165, 1.54) is 25.7 Å². The van der Waals surface area contributed by atoms with Gasteiger partial charge in [0.2, 0.25) is 10.0 Å². The predicted molar refractivity (Wildman–Crippen MR) is 70.1 cm³/mol. The summed E-state index contributed by atoms with van der Waals surface area (Å²) in [5.74, 6) is 0. The monoisotopic (exact) mass is 249 g/mol. The number of unbranched alkanes of at least 4 members (excludes halogenated alkanes) is 5. The Balaban J connectivity index is 3.60. The smallest absolute Gasteiger partial charge is 0.215 e. The summed E-state index contributed by atoms with van der Waals surface area (Å²) in [6.07, 6.45) is 7.07. The molecular formula is C12H27NO2S. The molecule has 0 aromatic carbocycles. The van der Waals surface area contributed by atoms with E-state index in [0.29, 0.717) is 6.54 Å². The Hall–Kier alpha value is -0.0900. The molecule has 0 aliphatic carbocycles. The van der Waals surface area contributed by atoms with Gasteiger partial charge in [0.05, 0.1) is 4.75 Å². The molecule has 3 nitrogen and oxygen atoms in total. The van der Waals surface area contributed by atoms with Crippen LogP contribution in [0.5, 0.6) is 0 Å². The van der Waals surface area contributed by atoms with Crippen molar-refractivity contribution in [2.75, 3.05) is 6.54 Å². The third-order valence-electron chi connectivity index (χ3n) is 2.63. The lowest BCUT2D eigenvalue weighted by molar-refractivity contribution is 0.537. The van der Waals surface area contributed by atoms with Crippen molar-refractivity contribution < 1.29 is 8.42 Å². The summed E-state index contributed by atoms with van der Waals surface area (Å²) in [6.45, 7) is 7.92. The van der Waals surface area contributed by atoms with E-state index in [0.717, 1.165) is 12.8 Å². The van der Waals surface area contributed by atoms with Crippen molar-refractivity contribution in [3.63, 3.8) is 0 Å². The van der Waals surface area contributed by atoms with Crippen LogP contribution in [-0.2, 0) is 10.0 Å². The average molecular weight is 249 g/mol. The summed E-state index contributed by atoms with van der Waals surface area (Å²) in [7, 11) is -3.15. The van der Waals surface area contributed by atoms with Gasteiger partial charge >= 0.3 is 0 Å². The first-order valence-corrected chi connectivity index (χ1v) is 7.79. The lowest BCUT2D eigenvalue weighted by atomic mass is 10.1. The fraction of sp³-hybridized carbons (Fsp3) is 1.00. The number of sulfonamides is 1. The summed E-state index contributed by atoms with van der Waals surface area (Å²) in [5, 5.41) is 0. The first-order chi connectivity index (χ1) is 7.31. The quantitative estimate of drug-likeness (QED) is 0.672. The third-order valence-corrected chi connectivity index (χ3v) is 4.83. The van der Waals surface area contributed by atoms with Gasteiger partial charge in [-0.3, -0.25) is 0 Å². The highest BCUT2D eigenvalue weighted by Gasteiger charge is 2.27. The number of rotatable bonds is 8. The van der Waals surface area contributed by atoms with Gasteiger partial charge in [0, 0.05) is 6.54 Å². The predicted octanol–water partition coefficient (Wildman–Crippen LogP) is 3.06. The van der Waals surface area contributed by atoms with E-state index in [1.54, 1.807) is 20.8 Å². The molecule has 0 aromatic rings. The van der Waals surface area contributed by atoms with Gasteiger partial charge in [-0.1, -0.05) is 39.0 Å². The molecular weight excluding hydrogens is 222 g/mol.